The number of nitrogens with zero attached hydrogens (tertiary/aromatic N) is 2. The van der Waals surface area contributed by atoms with Crippen LogP contribution in [0.1, 0.15) is 16.1 Å². The number of hydrogen-bond acceptors (Lipinski definition) is 5. The average molecular weight is 402 g/mol. The van der Waals surface area contributed by atoms with Crippen molar-refractivity contribution in [3.8, 4) is 11.3 Å². The fourth-order valence-corrected chi connectivity index (χ4v) is 2.80. The van der Waals surface area contributed by atoms with Crippen LogP contribution in [-0.4, -0.2) is 16.0 Å². The third kappa shape index (κ3) is 3.43. The summed E-state index contributed by atoms with van der Waals surface area (Å²) in [6, 6.07) is 13.3. The first kappa shape index (κ1) is 16.8. The highest BCUT2D eigenvalue weighted by Crippen LogP contribution is 2.30. The van der Waals surface area contributed by atoms with E-state index in [1.807, 2.05) is 30.3 Å². The Labute approximate surface area is 150 Å². The summed E-state index contributed by atoms with van der Waals surface area (Å²) in [4.78, 5) is 23.0. The molecular formula is C17H12BrN3O4. The summed E-state index contributed by atoms with van der Waals surface area (Å²) in [5.41, 5.74) is 1.85. The molecule has 0 radical (unpaired) electrons. The number of carbonyl (C=O) groups is 1. The minimum absolute atomic E-state index is 0.0731. The summed E-state index contributed by atoms with van der Waals surface area (Å²) in [5.74, 6) is -0.0263. The molecule has 1 N–H and O–H groups in total. The number of nitro groups is 1. The van der Waals surface area contributed by atoms with Gasteiger partial charge in [0.15, 0.2) is 0 Å². The van der Waals surface area contributed by atoms with E-state index in [0.717, 1.165) is 5.56 Å². The molecule has 1 aromatic heterocycles. The van der Waals surface area contributed by atoms with Gasteiger partial charge in [-0.2, -0.15) is 0 Å². The number of halogens is 1. The van der Waals surface area contributed by atoms with Crippen LogP contribution in [0.15, 0.2) is 57.5 Å². The van der Waals surface area contributed by atoms with Gasteiger partial charge >= 0.3 is 0 Å². The molecule has 0 saturated heterocycles. The molecular weight excluding hydrogens is 390 g/mol. The molecule has 0 unspecified atom stereocenters. The highest BCUT2D eigenvalue weighted by atomic mass is 79.9. The van der Waals surface area contributed by atoms with Crippen LogP contribution in [-0.2, 0) is 0 Å². The number of nitrogens with one attached hydrogen (secondary N) is 1. The van der Waals surface area contributed by atoms with Crippen molar-refractivity contribution in [2.75, 3.05) is 5.32 Å². The van der Waals surface area contributed by atoms with Crippen LogP contribution in [0.25, 0.3) is 11.3 Å². The lowest BCUT2D eigenvalue weighted by atomic mass is 10.1. The van der Waals surface area contributed by atoms with Crippen LogP contribution in [0.4, 0.5) is 11.4 Å². The molecule has 0 bridgehead atoms. The molecule has 0 fully saturated rings. The first-order chi connectivity index (χ1) is 12.0. The van der Waals surface area contributed by atoms with Gasteiger partial charge in [-0.05, 0) is 28.9 Å². The molecule has 0 aliphatic rings. The van der Waals surface area contributed by atoms with Crippen molar-refractivity contribution in [2.45, 2.75) is 6.92 Å². The predicted octanol–water partition coefficient (Wildman–Crippen LogP) is 4.57. The largest absolute Gasteiger partial charge is 0.360 e. The number of carbonyl (C=O) groups excluding carboxylic acids is 1. The van der Waals surface area contributed by atoms with Crippen molar-refractivity contribution in [3.63, 3.8) is 0 Å². The highest BCUT2D eigenvalue weighted by Gasteiger charge is 2.22. The molecule has 3 aromatic rings. The van der Waals surface area contributed by atoms with Gasteiger partial charge in [0.05, 0.1) is 10.6 Å². The van der Waals surface area contributed by atoms with E-state index >= 15 is 0 Å². The summed E-state index contributed by atoms with van der Waals surface area (Å²) in [6.07, 6.45) is 0. The Bertz CT molecular complexity index is 954. The molecule has 0 aliphatic heterocycles. The number of aryl methyl sites for hydroxylation is 1. The number of benzene rings is 2. The van der Waals surface area contributed by atoms with E-state index in [-0.39, 0.29) is 5.69 Å². The van der Waals surface area contributed by atoms with E-state index in [0.29, 0.717) is 27.2 Å². The number of hydrogen-bond donors (Lipinski definition) is 1. The van der Waals surface area contributed by atoms with E-state index in [2.05, 4.69) is 26.4 Å². The zero-order valence-corrected chi connectivity index (χ0v) is 14.6. The smallest absolute Gasteiger partial charge is 0.270 e. The fraction of sp³-hybridized carbons (Fsp3) is 0.0588. The van der Waals surface area contributed by atoms with E-state index < -0.39 is 10.8 Å². The second-order valence-electron chi connectivity index (χ2n) is 5.20. The highest BCUT2D eigenvalue weighted by molar-refractivity contribution is 9.10. The van der Waals surface area contributed by atoms with Crippen LogP contribution in [0.2, 0.25) is 0 Å². The molecule has 126 valence electrons. The maximum absolute atomic E-state index is 12.7. The summed E-state index contributed by atoms with van der Waals surface area (Å²) in [7, 11) is 0. The summed E-state index contributed by atoms with van der Waals surface area (Å²) in [5, 5.41) is 17.5. The molecule has 1 amide bonds. The number of amides is 1. The number of non-ortho nitro benzene ring substituents is 1. The van der Waals surface area contributed by atoms with Gasteiger partial charge in [-0.3, -0.25) is 14.9 Å². The van der Waals surface area contributed by atoms with E-state index in [9.17, 15) is 14.9 Å². The molecule has 2 aromatic carbocycles. The number of nitro benzene ring substituents is 1. The molecule has 8 heteroatoms. The van der Waals surface area contributed by atoms with Gasteiger partial charge in [0.25, 0.3) is 11.6 Å². The second-order valence-corrected chi connectivity index (χ2v) is 6.06. The summed E-state index contributed by atoms with van der Waals surface area (Å²) in [6.45, 7) is 1.65. The third-order valence-electron chi connectivity index (χ3n) is 3.55. The Morgan fingerprint density at radius 2 is 1.96 bits per heavy atom. The molecule has 0 spiro atoms. The van der Waals surface area contributed by atoms with Crippen molar-refractivity contribution in [3.05, 3.63) is 74.4 Å². The standard InChI is InChI=1S/C17H12BrN3O4/c1-10-15(16(20-25-10)11-5-3-2-4-6-11)17(22)19-14-8-7-12(21(23)24)9-13(14)18/h2-9H,1H3,(H,19,22). The van der Waals surface area contributed by atoms with E-state index in [4.69, 9.17) is 4.52 Å². The second kappa shape index (κ2) is 6.86. The van der Waals surface area contributed by atoms with Gasteiger partial charge in [-0.1, -0.05) is 35.5 Å². The van der Waals surface area contributed by atoms with Gasteiger partial charge < -0.3 is 9.84 Å². The molecule has 3 rings (SSSR count). The molecule has 1 heterocycles. The zero-order valence-electron chi connectivity index (χ0n) is 13.0. The van der Waals surface area contributed by atoms with Crippen LogP contribution in [0.3, 0.4) is 0 Å². The lowest BCUT2D eigenvalue weighted by Gasteiger charge is -2.08. The third-order valence-corrected chi connectivity index (χ3v) is 4.20. The Hall–Kier alpha value is -3.00. The van der Waals surface area contributed by atoms with Crippen molar-refractivity contribution in [1.82, 2.24) is 5.16 Å². The van der Waals surface area contributed by atoms with Crippen LogP contribution in [0.5, 0.6) is 0 Å². The minimum Gasteiger partial charge on any atom is -0.360 e. The van der Waals surface area contributed by atoms with Crippen LogP contribution >= 0.6 is 15.9 Å². The zero-order chi connectivity index (χ0) is 18.0. The topological polar surface area (TPSA) is 98.3 Å². The van der Waals surface area contributed by atoms with Crippen LogP contribution in [0, 0.1) is 17.0 Å². The number of anilines is 1. The molecule has 0 saturated carbocycles. The Balaban J connectivity index is 1.93. The van der Waals surface area contributed by atoms with Crippen molar-refractivity contribution in [1.29, 1.82) is 0 Å². The summed E-state index contributed by atoms with van der Waals surface area (Å²) >= 11 is 3.23. The monoisotopic (exact) mass is 401 g/mol. The Kier molecular flexibility index (Phi) is 4.62. The number of aromatic nitrogens is 1. The minimum atomic E-state index is -0.506. The maximum atomic E-state index is 12.7. The fourth-order valence-electron chi connectivity index (χ4n) is 2.34. The lowest BCUT2D eigenvalue weighted by molar-refractivity contribution is -0.384. The summed E-state index contributed by atoms with van der Waals surface area (Å²) < 4.78 is 5.59. The van der Waals surface area contributed by atoms with E-state index in [1.54, 1.807) is 6.92 Å². The molecule has 7 nitrogen and oxygen atoms in total. The maximum Gasteiger partial charge on any atom is 0.270 e. The van der Waals surface area contributed by atoms with E-state index in [1.165, 1.54) is 18.2 Å². The van der Waals surface area contributed by atoms with Crippen LogP contribution < -0.4 is 5.32 Å². The van der Waals surface area contributed by atoms with Gasteiger partial charge in [0, 0.05) is 22.2 Å². The van der Waals surface area contributed by atoms with Crippen molar-refractivity contribution >= 4 is 33.2 Å². The molecule has 25 heavy (non-hydrogen) atoms. The molecule has 0 aliphatic carbocycles. The van der Waals surface area contributed by atoms with Crippen molar-refractivity contribution in [2.24, 2.45) is 0 Å². The first-order valence-corrected chi connectivity index (χ1v) is 8.03. The SMILES string of the molecule is Cc1onc(-c2ccccc2)c1C(=O)Nc1ccc([N+](=O)[O-])cc1Br. The van der Waals surface area contributed by atoms with Gasteiger partial charge in [0.1, 0.15) is 17.0 Å². The van der Waals surface area contributed by atoms with Gasteiger partial charge in [0.2, 0.25) is 0 Å². The quantitative estimate of drug-likeness (QED) is 0.509. The molecule has 0 atom stereocenters. The average Bonchev–Trinajstić information content (AvgIpc) is 2.99. The lowest BCUT2D eigenvalue weighted by Crippen LogP contribution is -2.14. The van der Waals surface area contributed by atoms with Gasteiger partial charge in [-0.25, -0.2) is 0 Å². The Morgan fingerprint density at radius 1 is 1.24 bits per heavy atom. The predicted molar refractivity (Wildman–Crippen MR) is 95.4 cm³/mol. The number of rotatable bonds is 4. The first-order valence-electron chi connectivity index (χ1n) is 7.24. The Morgan fingerprint density at radius 3 is 2.60 bits per heavy atom. The normalized spacial score (nSPS) is 10.5. The van der Waals surface area contributed by atoms with Crippen molar-refractivity contribution < 1.29 is 14.2 Å². The van der Waals surface area contributed by atoms with Gasteiger partial charge in [-0.15, -0.1) is 0 Å².